The minimum Gasteiger partial charge on any atom is -0.332 e. The molecule has 1 fully saturated rings. The van der Waals surface area contributed by atoms with Crippen molar-refractivity contribution in [3.8, 4) is 0 Å². The van der Waals surface area contributed by atoms with Gasteiger partial charge in [-0.25, -0.2) is 9.80 Å². The molecule has 1 unspecified atom stereocenters. The Hall–Kier alpha value is -1.84. The summed E-state index contributed by atoms with van der Waals surface area (Å²) in [5.74, 6) is 0. The van der Waals surface area contributed by atoms with Crippen molar-refractivity contribution in [2.75, 3.05) is 6.54 Å². The SMILES string of the molecule is CCC1CN(/N=C/c2ccccc2)C(=O)N1. The Balaban J connectivity index is 2.00. The Bertz CT molecular complexity index is 389. The molecular formula is C12H15N3O. The number of hydrazone groups is 1. The highest BCUT2D eigenvalue weighted by atomic mass is 16.2. The standard InChI is InChI=1S/C12H15N3O/c1-2-11-9-15(12(16)14-11)13-8-10-6-4-3-5-7-10/h3-8,11H,2,9H2,1H3,(H,14,16)/b13-8+. The average molecular weight is 217 g/mol. The summed E-state index contributed by atoms with van der Waals surface area (Å²) in [7, 11) is 0. The van der Waals surface area contributed by atoms with Gasteiger partial charge in [0.2, 0.25) is 0 Å². The predicted molar refractivity (Wildman–Crippen MR) is 63.4 cm³/mol. The first-order valence-electron chi connectivity index (χ1n) is 5.46. The Labute approximate surface area is 95.0 Å². The molecule has 84 valence electrons. The maximum Gasteiger partial charge on any atom is 0.338 e. The summed E-state index contributed by atoms with van der Waals surface area (Å²) in [6, 6.07) is 9.86. The first kappa shape index (κ1) is 10.7. The van der Waals surface area contributed by atoms with Crippen molar-refractivity contribution in [2.45, 2.75) is 19.4 Å². The van der Waals surface area contributed by atoms with Gasteiger partial charge in [0.05, 0.1) is 18.8 Å². The monoisotopic (exact) mass is 217 g/mol. The van der Waals surface area contributed by atoms with Crippen LogP contribution in [-0.2, 0) is 0 Å². The third-order valence-corrected chi connectivity index (χ3v) is 2.59. The van der Waals surface area contributed by atoms with Gasteiger partial charge in [0.15, 0.2) is 0 Å². The molecule has 1 aliphatic rings. The van der Waals surface area contributed by atoms with E-state index in [1.807, 2.05) is 30.3 Å². The largest absolute Gasteiger partial charge is 0.338 e. The predicted octanol–water partition coefficient (Wildman–Crippen LogP) is 1.82. The lowest BCUT2D eigenvalue weighted by Gasteiger charge is -2.06. The van der Waals surface area contributed by atoms with Crippen LogP contribution in [0, 0.1) is 0 Å². The van der Waals surface area contributed by atoms with Gasteiger partial charge in [0.25, 0.3) is 0 Å². The zero-order chi connectivity index (χ0) is 11.4. The van der Waals surface area contributed by atoms with Crippen LogP contribution in [-0.4, -0.2) is 29.8 Å². The summed E-state index contributed by atoms with van der Waals surface area (Å²) in [6.45, 7) is 2.70. The van der Waals surface area contributed by atoms with Crippen molar-refractivity contribution >= 4 is 12.2 Å². The van der Waals surface area contributed by atoms with Gasteiger partial charge >= 0.3 is 6.03 Å². The van der Waals surface area contributed by atoms with Crippen LogP contribution in [0.1, 0.15) is 18.9 Å². The number of carbonyl (C=O) groups is 1. The van der Waals surface area contributed by atoms with E-state index in [0.717, 1.165) is 12.0 Å². The fourth-order valence-electron chi connectivity index (χ4n) is 1.59. The van der Waals surface area contributed by atoms with E-state index in [1.54, 1.807) is 6.21 Å². The molecule has 4 nitrogen and oxygen atoms in total. The summed E-state index contributed by atoms with van der Waals surface area (Å²) in [4.78, 5) is 11.5. The molecule has 0 radical (unpaired) electrons. The first-order valence-corrected chi connectivity index (χ1v) is 5.46. The van der Waals surface area contributed by atoms with Crippen molar-refractivity contribution in [3.05, 3.63) is 35.9 Å². The normalized spacial score (nSPS) is 20.4. The van der Waals surface area contributed by atoms with Crippen LogP contribution >= 0.6 is 0 Å². The Kier molecular flexibility index (Phi) is 3.19. The van der Waals surface area contributed by atoms with E-state index in [9.17, 15) is 4.79 Å². The third-order valence-electron chi connectivity index (χ3n) is 2.59. The number of carbonyl (C=O) groups excluding carboxylic acids is 1. The van der Waals surface area contributed by atoms with Gasteiger partial charge in [-0.1, -0.05) is 37.3 Å². The second-order valence-corrected chi connectivity index (χ2v) is 3.79. The quantitative estimate of drug-likeness (QED) is 0.771. The van der Waals surface area contributed by atoms with E-state index in [4.69, 9.17) is 0 Å². The van der Waals surface area contributed by atoms with Gasteiger partial charge < -0.3 is 5.32 Å². The summed E-state index contributed by atoms with van der Waals surface area (Å²) in [6.07, 6.45) is 2.64. The van der Waals surface area contributed by atoms with Crippen LogP contribution < -0.4 is 5.32 Å². The number of hydrogen-bond donors (Lipinski definition) is 1. The maximum absolute atomic E-state index is 11.5. The first-order chi connectivity index (χ1) is 7.79. The number of nitrogens with one attached hydrogen (secondary N) is 1. The van der Waals surface area contributed by atoms with Crippen molar-refractivity contribution < 1.29 is 4.79 Å². The minimum atomic E-state index is -0.112. The molecule has 1 aromatic carbocycles. The summed E-state index contributed by atoms with van der Waals surface area (Å²) in [5.41, 5.74) is 0.996. The molecule has 16 heavy (non-hydrogen) atoms. The smallest absolute Gasteiger partial charge is 0.332 e. The molecule has 1 aromatic rings. The third kappa shape index (κ3) is 2.39. The van der Waals surface area contributed by atoms with Crippen molar-refractivity contribution in [1.82, 2.24) is 10.3 Å². The van der Waals surface area contributed by atoms with Gasteiger partial charge in [-0.2, -0.15) is 5.10 Å². The second kappa shape index (κ2) is 4.79. The number of rotatable bonds is 3. The molecule has 1 aliphatic heterocycles. The van der Waals surface area contributed by atoms with Crippen LogP contribution in [0.5, 0.6) is 0 Å². The van der Waals surface area contributed by atoms with Crippen LogP contribution in [0.15, 0.2) is 35.4 Å². The van der Waals surface area contributed by atoms with Crippen LogP contribution in [0.2, 0.25) is 0 Å². The highest BCUT2D eigenvalue weighted by Gasteiger charge is 2.26. The molecule has 0 aliphatic carbocycles. The Morgan fingerprint density at radius 3 is 2.88 bits per heavy atom. The lowest BCUT2D eigenvalue weighted by molar-refractivity contribution is 0.219. The Morgan fingerprint density at radius 2 is 2.25 bits per heavy atom. The van der Waals surface area contributed by atoms with Crippen molar-refractivity contribution in [2.24, 2.45) is 5.10 Å². The van der Waals surface area contributed by atoms with Gasteiger partial charge in [-0.15, -0.1) is 0 Å². The van der Waals surface area contributed by atoms with Gasteiger partial charge in [0.1, 0.15) is 0 Å². The van der Waals surface area contributed by atoms with E-state index in [1.165, 1.54) is 5.01 Å². The summed E-state index contributed by atoms with van der Waals surface area (Å²) < 4.78 is 0. The van der Waals surface area contributed by atoms with Crippen LogP contribution in [0.25, 0.3) is 0 Å². The molecule has 0 spiro atoms. The maximum atomic E-state index is 11.5. The molecule has 2 amide bonds. The van der Waals surface area contributed by atoms with E-state index in [0.29, 0.717) is 6.54 Å². The highest BCUT2D eigenvalue weighted by Crippen LogP contribution is 2.07. The van der Waals surface area contributed by atoms with E-state index >= 15 is 0 Å². The van der Waals surface area contributed by atoms with E-state index in [-0.39, 0.29) is 12.1 Å². The molecule has 2 rings (SSSR count). The zero-order valence-electron chi connectivity index (χ0n) is 9.26. The van der Waals surface area contributed by atoms with Crippen molar-refractivity contribution in [3.63, 3.8) is 0 Å². The average Bonchev–Trinajstić information content (AvgIpc) is 2.69. The fraction of sp³-hybridized carbons (Fsp3) is 0.333. The molecular weight excluding hydrogens is 202 g/mol. The molecule has 0 bridgehead atoms. The molecule has 4 heteroatoms. The summed E-state index contributed by atoms with van der Waals surface area (Å²) >= 11 is 0. The molecule has 1 N–H and O–H groups in total. The lowest BCUT2D eigenvalue weighted by Crippen LogP contribution is -2.26. The van der Waals surface area contributed by atoms with Crippen LogP contribution in [0.3, 0.4) is 0 Å². The lowest BCUT2D eigenvalue weighted by atomic mass is 10.2. The molecule has 1 atom stereocenters. The molecule has 1 saturated heterocycles. The topological polar surface area (TPSA) is 44.7 Å². The number of amides is 2. The van der Waals surface area contributed by atoms with E-state index < -0.39 is 0 Å². The highest BCUT2D eigenvalue weighted by molar-refractivity contribution is 5.82. The summed E-state index contributed by atoms with van der Waals surface area (Å²) in [5, 5.41) is 8.51. The number of urea groups is 1. The molecule has 0 aromatic heterocycles. The van der Waals surface area contributed by atoms with Gasteiger partial charge in [-0.3, -0.25) is 0 Å². The van der Waals surface area contributed by atoms with Gasteiger partial charge in [-0.05, 0) is 12.0 Å². The molecule has 0 saturated carbocycles. The fourth-order valence-corrected chi connectivity index (χ4v) is 1.59. The second-order valence-electron chi connectivity index (χ2n) is 3.79. The number of hydrogen-bond acceptors (Lipinski definition) is 2. The molecule has 1 heterocycles. The van der Waals surface area contributed by atoms with E-state index in [2.05, 4.69) is 17.3 Å². The number of benzene rings is 1. The minimum absolute atomic E-state index is 0.112. The zero-order valence-corrected chi connectivity index (χ0v) is 9.26. The van der Waals surface area contributed by atoms with Crippen molar-refractivity contribution in [1.29, 1.82) is 0 Å². The van der Waals surface area contributed by atoms with Crippen LogP contribution in [0.4, 0.5) is 4.79 Å². The van der Waals surface area contributed by atoms with Gasteiger partial charge in [0, 0.05) is 0 Å². The number of nitrogens with zero attached hydrogens (tertiary/aromatic N) is 2. The Morgan fingerprint density at radius 1 is 1.50 bits per heavy atom.